The minimum absolute atomic E-state index is 0.277. The molecule has 4 nitrogen and oxygen atoms in total. The highest BCUT2D eigenvalue weighted by Crippen LogP contribution is 2.25. The molecule has 0 spiro atoms. The Kier molecular flexibility index (Phi) is 4.35. The van der Waals surface area contributed by atoms with Gasteiger partial charge in [0, 0.05) is 12.1 Å². The fourth-order valence-corrected chi connectivity index (χ4v) is 1.97. The Bertz CT molecular complexity index is 570. The first kappa shape index (κ1) is 13.8. The van der Waals surface area contributed by atoms with E-state index in [1.54, 1.807) is 43.6 Å². The molecule has 0 aliphatic rings. The topological polar surface area (TPSA) is 45.5 Å². The first-order valence-electron chi connectivity index (χ1n) is 5.56. The van der Waals surface area contributed by atoms with Crippen molar-refractivity contribution in [3.63, 3.8) is 0 Å². The van der Waals surface area contributed by atoms with Crippen LogP contribution >= 0.6 is 23.2 Å². The van der Waals surface area contributed by atoms with Crippen LogP contribution in [-0.2, 0) is 6.54 Å². The van der Waals surface area contributed by atoms with Crippen molar-refractivity contribution >= 4 is 34.9 Å². The summed E-state index contributed by atoms with van der Waals surface area (Å²) in [6, 6.07) is 8.20. The molecule has 2 rings (SSSR count). The Labute approximate surface area is 120 Å². The van der Waals surface area contributed by atoms with E-state index in [4.69, 9.17) is 27.6 Å². The van der Waals surface area contributed by atoms with Gasteiger partial charge in [-0.25, -0.2) is 4.79 Å². The molecule has 1 N–H and O–H groups in total. The van der Waals surface area contributed by atoms with Crippen molar-refractivity contribution in [2.75, 3.05) is 12.4 Å². The average Bonchev–Trinajstić information content (AvgIpc) is 2.85. The number of carbonyl (C=O) groups excluding carboxylic acids is 1. The normalized spacial score (nSPS) is 10.3. The SMILES string of the molecule is CN(Cc1ccco1)C(=O)Nc1ccc(Cl)cc1Cl. The van der Waals surface area contributed by atoms with E-state index < -0.39 is 0 Å². The molecule has 2 amide bonds. The quantitative estimate of drug-likeness (QED) is 0.920. The maximum Gasteiger partial charge on any atom is 0.322 e. The van der Waals surface area contributed by atoms with Gasteiger partial charge >= 0.3 is 6.03 Å². The zero-order valence-corrected chi connectivity index (χ0v) is 11.7. The van der Waals surface area contributed by atoms with E-state index in [9.17, 15) is 4.79 Å². The van der Waals surface area contributed by atoms with Crippen molar-refractivity contribution in [2.24, 2.45) is 0 Å². The van der Waals surface area contributed by atoms with Crippen LogP contribution in [0.25, 0.3) is 0 Å². The molecule has 1 aromatic carbocycles. The number of amides is 2. The largest absolute Gasteiger partial charge is 0.467 e. The number of urea groups is 1. The van der Waals surface area contributed by atoms with Crippen LogP contribution < -0.4 is 5.32 Å². The number of halogens is 2. The smallest absolute Gasteiger partial charge is 0.322 e. The lowest BCUT2D eigenvalue weighted by molar-refractivity contribution is 0.217. The van der Waals surface area contributed by atoms with Crippen LogP contribution in [0.15, 0.2) is 41.0 Å². The van der Waals surface area contributed by atoms with Gasteiger partial charge in [-0.1, -0.05) is 23.2 Å². The second-order valence-corrected chi connectivity index (χ2v) is 4.83. The van der Waals surface area contributed by atoms with Gasteiger partial charge < -0.3 is 14.6 Å². The molecule has 0 fully saturated rings. The highest BCUT2D eigenvalue weighted by Gasteiger charge is 2.12. The molecule has 100 valence electrons. The molecule has 0 radical (unpaired) electrons. The number of hydrogen-bond donors (Lipinski definition) is 1. The highest BCUT2D eigenvalue weighted by atomic mass is 35.5. The summed E-state index contributed by atoms with van der Waals surface area (Å²) >= 11 is 11.8. The van der Waals surface area contributed by atoms with Gasteiger partial charge in [-0.05, 0) is 30.3 Å². The van der Waals surface area contributed by atoms with Crippen molar-refractivity contribution in [1.82, 2.24) is 4.90 Å². The third-order valence-electron chi connectivity index (χ3n) is 2.49. The van der Waals surface area contributed by atoms with Gasteiger partial charge in [0.2, 0.25) is 0 Å². The van der Waals surface area contributed by atoms with Crippen LogP contribution in [0.4, 0.5) is 10.5 Å². The summed E-state index contributed by atoms with van der Waals surface area (Å²) in [5.41, 5.74) is 0.516. The van der Waals surface area contributed by atoms with Crippen LogP contribution in [0.1, 0.15) is 5.76 Å². The first-order valence-corrected chi connectivity index (χ1v) is 6.31. The van der Waals surface area contributed by atoms with Gasteiger partial charge in [-0.15, -0.1) is 0 Å². The Balaban J connectivity index is 2.00. The third-order valence-corrected chi connectivity index (χ3v) is 3.04. The molecule has 0 unspecified atom stereocenters. The van der Waals surface area contributed by atoms with E-state index in [0.717, 1.165) is 0 Å². The minimum Gasteiger partial charge on any atom is -0.467 e. The van der Waals surface area contributed by atoms with E-state index >= 15 is 0 Å². The zero-order chi connectivity index (χ0) is 13.8. The Morgan fingerprint density at radius 2 is 2.16 bits per heavy atom. The molecule has 19 heavy (non-hydrogen) atoms. The van der Waals surface area contributed by atoms with E-state index in [-0.39, 0.29) is 6.03 Å². The summed E-state index contributed by atoms with van der Waals surface area (Å²) in [6.45, 7) is 0.379. The maximum absolute atomic E-state index is 12.0. The van der Waals surface area contributed by atoms with E-state index in [1.165, 1.54) is 4.90 Å². The Morgan fingerprint density at radius 3 is 2.79 bits per heavy atom. The number of nitrogens with one attached hydrogen (secondary N) is 1. The highest BCUT2D eigenvalue weighted by molar-refractivity contribution is 6.36. The van der Waals surface area contributed by atoms with Crippen LogP contribution in [0, 0.1) is 0 Å². The van der Waals surface area contributed by atoms with Crippen molar-refractivity contribution in [3.8, 4) is 0 Å². The van der Waals surface area contributed by atoms with Gasteiger partial charge in [0.1, 0.15) is 5.76 Å². The van der Waals surface area contributed by atoms with Crippen LogP contribution in [-0.4, -0.2) is 18.0 Å². The summed E-state index contributed by atoms with van der Waals surface area (Å²) in [4.78, 5) is 13.4. The summed E-state index contributed by atoms with van der Waals surface area (Å²) in [7, 11) is 1.67. The molecular formula is C13H12Cl2N2O2. The molecule has 0 atom stereocenters. The van der Waals surface area contributed by atoms with Gasteiger partial charge in [-0.3, -0.25) is 0 Å². The molecule has 0 saturated carbocycles. The lowest BCUT2D eigenvalue weighted by Gasteiger charge is -2.17. The minimum atomic E-state index is -0.277. The molecule has 2 aromatic rings. The third kappa shape index (κ3) is 3.66. The number of benzene rings is 1. The number of nitrogens with zero attached hydrogens (tertiary/aromatic N) is 1. The Hall–Kier alpha value is -1.65. The molecular weight excluding hydrogens is 287 g/mol. The fraction of sp³-hybridized carbons (Fsp3) is 0.154. The summed E-state index contributed by atoms with van der Waals surface area (Å²) in [5, 5.41) is 3.62. The zero-order valence-electron chi connectivity index (χ0n) is 10.2. The number of rotatable bonds is 3. The molecule has 1 aromatic heterocycles. The number of furan rings is 1. The predicted octanol–water partition coefficient (Wildman–Crippen LogP) is 4.25. The average molecular weight is 299 g/mol. The second kappa shape index (κ2) is 5.99. The second-order valence-electron chi connectivity index (χ2n) is 3.99. The monoisotopic (exact) mass is 298 g/mol. The van der Waals surface area contributed by atoms with Crippen molar-refractivity contribution in [1.29, 1.82) is 0 Å². The number of carbonyl (C=O) groups is 1. The first-order chi connectivity index (χ1) is 9.06. The van der Waals surface area contributed by atoms with Crippen LogP contribution in [0.5, 0.6) is 0 Å². The molecule has 0 saturated heterocycles. The van der Waals surface area contributed by atoms with E-state index in [0.29, 0.717) is 28.0 Å². The summed E-state index contributed by atoms with van der Waals surface area (Å²) in [6.07, 6.45) is 1.57. The van der Waals surface area contributed by atoms with Gasteiger partial charge in [0.05, 0.1) is 23.5 Å². The van der Waals surface area contributed by atoms with Gasteiger partial charge in [-0.2, -0.15) is 0 Å². The predicted molar refractivity (Wildman–Crippen MR) is 75.7 cm³/mol. The van der Waals surface area contributed by atoms with Crippen LogP contribution in [0.2, 0.25) is 10.0 Å². The standard InChI is InChI=1S/C13H12Cl2N2O2/c1-17(8-10-3-2-6-19-10)13(18)16-12-5-4-9(14)7-11(12)15/h2-7H,8H2,1H3,(H,16,18). The number of hydrogen-bond acceptors (Lipinski definition) is 2. The molecule has 1 heterocycles. The molecule has 0 aliphatic carbocycles. The lowest BCUT2D eigenvalue weighted by atomic mass is 10.3. The van der Waals surface area contributed by atoms with Crippen molar-refractivity contribution < 1.29 is 9.21 Å². The molecule has 6 heteroatoms. The van der Waals surface area contributed by atoms with Crippen molar-refractivity contribution in [3.05, 3.63) is 52.4 Å². The van der Waals surface area contributed by atoms with E-state index in [1.807, 2.05) is 0 Å². The number of anilines is 1. The summed E-state index contributed by atoms with van der Waals surface area (Å²) in [5.74, 6) is 0.708. The Morgan fingerprint density at radius 1 is 1.37 bits per heavy atom. The van der Waals surface area contributed by atoms with E-state index in [2.05, 4.69) is 5.32 Å². The van der Waals surface area contributed by atoms with Gasteiger partial charge in [0.25, 0.3) is 0 Å². The molecule has 0 bridgehead atoms. The molecule has 0 aliphatic heterocycles. The van der Waals surface area contributed by atoms with Gasteiger partial charge in [0.15, 0.2) is 0 Å². The maximum atomic E-state index is 12.0. The van der Waals surface area contributed by atoms with Crippen LogP contribution in [0.3, 0.4) is 0 Å². The fourth-order valence-electron chi connectivity index (χ4n) is 1.51. The lowest BCUT2D eigenvalue weighted by Crippen LogP contribution is -2.30. The van der Waals surface area contributed by atoms with Crippen molar-refractivity contribution in [2.45, 2.75) is 6.54 Å². The summed E-state index contributed by atoms with van der Waals surface area (Å²) < 4.78 is 5.18.